The number of benzene rings is 6. The van der Waals surface area contributed by atoms with E-state index >= 15 is 0 Å². The average Bonchev–Trinajstić information content (AvgIpc) is 3.14. The summed E-state index contributed by atoms with van der Waals surface area (Å²) in [5.74, 6) is 2.48. The largest absolute Gasteiger partial charge is 0.0703 e. The summed E-state index contributed by atoms with van der Waals surface area (Å²) in [7, 11) is -1.63. The molecule has 2 atom stereocenters. The van der Waals surface area contributed by atoms with E-state index in [0.717, 1.165) is 0 Å². The van der Waals surface area contributed by atoms with E-state index in [0.29, 0.717) is 0 Å². The van der Waals surface area contributed by atoms with E-state index in [1.54, 1.807) is 10.6 Å². The number of rotatable bonds is 14. The van der Waals surface area contributed by atoms with Crippen molar-refractivity contribution in [1.82, 2.24) is 0 Å². The molecule has 6 aromatic rings. The maximum absolute atomic E-state index is 2.44. The van der Waals surface area contributed by atoms with Crippen molar-refractivity contribution in [3.8, 4) is 0 Å². The SMILES string of the molecule is Cc1ccc(P(CCCP(CP(c2ccc(C)cc2)c2ccc(C)cc2)c2ccc(C)cc2)CP(c2ccc(C)cc2)c2ccc(C)cc2)cc1. The summed E-state index contributed by atoms with van der Waals surface area (Å²) in [5, 5.41) is 9.13. The van der Waals surface area contributed by atoms with Gasteiger partial charge >= 0.3 is 0 Å². The summed E-state index contributed by atoms with van der Waals surface area (Å²) in [6.45, 7) is 13.2. The molecular weight excluding hydrogens is 688 g/mol. The topological polar surface area (TPSA) is 0 Å². The highest BCUT2D eigenvalue weighted by atomic mass is 31.2. The Hall–Kier alpha value is -2.96. The van der Waals surface area contributed by atoms with E-state index in [9.17, 15) is 0 Å². The van der Waals surface area contributed by atoms with Crippen LogP contribution >= 0.6 is 31.7 Å². The number of hydrogen-bond acceptors (Lipinski definition) is 0. The predicted molar refractivity (Wildman–Crippen MR) is 237 cm³/mol. The second kappa shape index (κ2) is 18.2. The Labute approximate surface area is 313 Å². The lowest BCUT2D eigenvalue weighted by atomic mass is 10.2. The van der Waals surface area contributed by atoms with Crippen LogP contribution < -0.4 is 31.8 Å². The van der Waals surface area contributed by atoms with Crippen LogP contribution in [0.15, 0.2) is 146 Å². The first-order valence-electron chi connectivity index (χ1n) is 18.2. The molecule has 0 aromatic heterocycles. The molecule has 51 heavy (non-hydrogen) atoms. The molecule has 0 bridgehead atoms. The van der Waals surface area contributed by atoms with E-state index in [2.05, 4.69) is 187 Å². The second-order valence-corrected chi connectivity index (χ2v) is 24.2. The molecule has 6 aromatic carbocycles. The molecule has 0 saturated heterocycles. The quantitative estimate of drug-likeness (QED) is 0.0976. The molecule has 6 rings (SSSR count). The lowest BCUT2D eigenvalue weighted by Crippen LogP contribution is -2.18. The van der Waals surface area contributed by atoms with Gasteiger partial charge in [0.05, 0.1) is 0 Å². The van der Waals surface area contributed by atoms with Gasteiger partial charge in [-0.1, -0.05) is 195 Å². The van der Waals surface area contributed by atoms with Crippen molar-refractivity contribution in [2.24, 2.45) is 0 Å². The first-order valence-corrected chi connectivity index (χ1v) is 24.6. The van der Waals surface area contributed by atoms with Crippen molar-refractivity contribution in [3.05, 3.63) is 179 Å². The molecule has 0 saturated carbocycles. The van der Waals surface area contributed by atoms with Gasteiger partial charge in [0.1, 0.15) is 0 Å². The minimum absolute atomic E-state index is 0.346. The molecule has 0 spiro atoms. The smallest absolute Gasteiger partial charge is 0.0000326 e. The molecule has 0 aliphatic rings. The Morgan fingerprint density at radius 2 is 0.471 bits per heavy atom. The zero-order valence-corrected chi connectivity index (χ0v) is 34.8. The Morgan fingerprint density at radius 1 is 0.275 bits per heavy atom. The number of aryl methyl sites for hydroxylation is 6. The van der Waals surface area contributed by atoms with Crippen molar-refractivity contribution in [3.63, 3.8) is 0 Å². The molecule has 0 heterocycles. The van der Waals surface area contributed by atoms with Crippen LogP contribution in [0.4, 0.5) is 0 Å². The minimum atomic E-state index is -0.468. The molecule has 260 valence electrons. The van der Waals surface area contributed by atoms with Gasteiger partial charge in [-0.05, 0) is 108 Å². The van der Waals surface area contributed by atoms with Gasteiger partial charge in [-0.3, -0.25) is 0 Å². The third-order valence-corrected chi connectivity index (χ3v) is 22.1. The molecule has 2 unspecified atom stereocenters. The van der Waals surface area contributed by atoms with Crippen LogP contribution in [0, 0.1) is 41.5 Å². The van der Waals surface area contributed by atoms with Crippen LogP contribution in [0.5, 0.6) is 0 Å². The lowest BCUT2D eigenvalue weighted by molar-refractivity contribution is 1.11. The summed E-state index contributed by atoms with van der Waals surface area (Å²) in [6, 6.07) is 56.8. The predicted octanol–water partition coefficient (Wildman–Crippen LogP) is 11.0. The molecular formula is C47H52P4. The van der Waals surface area contributed by atoms with E-state index in [-0.39, 0.29) is 15.8 Å². The minimum Gasteiger partial charge on any atom is -0.0703 e. The summed E-state index contributed by atoms with van der Waals surface area (Å²) in [5.41, 5.74) is 8.02. The molecule has 0 N–H and O–H groups in total. The Bertz CT molecular complexity index is 1710. The normalized spacial score (nSPS) is 12.7. The van der Waals surface area contributed by atoms with Gasteiger partial charge in [-0.25, -0.2) is 0 Å². The van der Waals surface area contributed by atoms with E-state index < -0.39 is 15.8 Å². The summed E-state index contributed by atoms with van der Waals surface area (Å²) in [6.07, 6.45) is 3.80. The van der Waals surface area contributed by atoms with Gasteiger partial charge in [0.2, 0.25) is 0 Å². The zero-order valence-electron chi connectivity index (χ0n) is 31.2. The molecule has 4 heteroatoms. The van der Waals surface area contributed by atoms with Crippen molar-refractivity contribution < 1.29 is 0 Å². The van der Waals surface area contributed by atoms with Crippen LogP contribution in [-0.4, -0.2) is 24.1 Å². The maximum atomic E-state index is 2.44. The first kappa shape index (κ1) is 37.8. The highest BCUT2D eigenvalue weighted by molar-refractivity contribution is 7.86. The van der Waals surface area contributed by atoms with Gasteiger partial charge in [0.15, 0.2) is 0 Å². The van der Waals surface area contributed by atoms with Crippen molar-refractivity contribution in [2.45, 2.75) is 48.0 Å². The second-order valence-electron chi connectivity index (χ2n) is 14.0. The van der Waals surface area contributed by atoms with Crippen LogP contribution in [0.1, 0.15) is 39.8 Å². The van der Waals surface area contributed by atoms with Gasteiger partial charge in [-0.15, -0.1) is 0 Å². The van der Waals surface area contributed by atoms with Crippen LogP contribution in [0.2, 0.25) is 0 Å². The van der Waals surface area contributed by atoms with Crippen LogP contribution in [-0.2, 0) is 0 Å². The van der Waals surface area contributed by atoms with Crippen LogP contribution in [0.3, 0.4) is 0 Å². The molecule has 0 aliphatic carbocycles. The highest BCUT2D eigenvalue weighted by Gasteiger charge is 2.24. The van der Waals surface area contributed by atoms with Crippen LogP contribution in [0.25, 0.3) is 0 Å². The highest BCUT2D eigenvalue weighted by Crippen LogP contribution is 2.53. The monoisotopic (exact) mass is 740 g/mol. The molecule has 0 nitrogen and oxygen atoms in total. The summed E-state index contributed by atoms with van der Waals surface area (Å²) < 4.78 is 0. The fourth-order valence-corrected chi connectivity index (χ4v) is 19.8. The fourth-order valence-electron chi connectivity index (χ4n) is 6.39. The molecule has 0 radical (unpaired) electrons. The Kier molecular flexibility index (Phi) is 13.5. The molecule has 0 fully saturated rings. The number of hydrogen-bond donors (Lipinski definition) is 0. The maximum Gasteiger partial charge on any atom is 0.0000326 e. The van der Waals surface area contributed by atoms with E-state index in [4.69, 9.17) is 0 Å². The van der Waals surface area contributed by atoms with Gasteiger partial charge in [-0.2, -0.15) is 0 Å². The Balaban J connectivity index is 1.30. The Morgan fingerprint density at radius 3 is 0.686 bits per heavy atom. The zero-order chi connectivity index (χ0) is 35.7. The third-order valence-electron chi connectivity index (χ3n) is 9.66. The first-order chi connectivity index (χ1) is 24.7. The van der Waals surface area contributed by atoms with Gasteiger partial charge < -0.3 is 0 Å². The lowest BCUT2D eigenvalue weighted by Gasteiger charge is -2.29. The average molecular weight is 741 g/mol. The van der Waals surface area contributed by atoms with Crippen molar-refractivity contribution in [1.29, 1.82) is 0 Å². The van der Waals surface area contributed by atoms with E-state index in [1.165, 1.54) is 85.1 Å². The fraction of sp³-hybridized carbons (Fsp3) is 0.234. The van der Waals surface area contributed by atoms with Crippen molar-refractivity contribution >= 4 is 63.5 Å². The van der Waals surface area contributed by atoms with Crippen molar-refractivity contribution in [2.75, 3.05) is 24.1 Å². The molecule has 0 amide bonds. The standard InChI is InChI=1S/C47H52P4/c1-36-8-20-42(21-9-36)48(34-50(44-24-12-38(3)13-25-44)45-26-14-39(4)15-27-45)32-7-33-49(43-22-10-37(2)11-23-43)35-51(46-28-16-40(5)17-29-46)47-30-18-41(6)19-31-47/h8-31H,7,32-35H2,1-6H3. The third kappa shape index (κ3) is 10.6. The van der Waals surface area contributed by atoms with Gasteiger partial charge in [0.25, 0.3) is 0 Å². The van der Waals surface area contributed by atoms with Gasteiger partial charge in [0, 0.05) is 11.8 Å². The molecule has 0 aliphatic heterocycles. The summed E-state index contributed by atoms with van der Waals surface area (Å²) in [4.78, 5) is 0. The van der Waals surface area contributed by atoms with E-state index in [1.807, 2.05) is 0 Å². The summed E-state index contributed by atoms with van der Waals surface area (Å²) >= 11 is 0.